The molecule has 150 valence electrons. The van der Waals surface area contributed by atoms with Gasteiger partial charge < -0.3 is 19.7 Å². The fourth-order valence-corrected chi connectivity index (χ4v) is 3.70. The fourth-order valence-electron chi connectivity index (χ4n) is 3.51. The standard InChI is InChI=1S/C22H27ClN2O3/c1-16-3-5-17(6-4-16)20(15-25-9-11-28-12-10-25)24-22(26)14-18-13-19(23)7-8-21(18)27-2/h3-8,13,20H,9-12,14-15H2,1-2H3,(H,24,26)/p+1/t20-/m0/s1. The topological polar surface area (TPSA) is 52.0 Å². The molecule has 1 aliphatic rings. The molecule has 0 radical (unpaired) electrons. The minimum absolute atomic E-state index is 0.0428. The van der Waals surface area contributed by atoms with Crippen LogP contribution in [0.2, 0.25) is 5.02 Å². The molecule has 0 bridgehead atoms. The summed E-state index contributed by atoms with van der Waals surface area (Å²) in [6.07, 6.45) is 0.227. The van der Waals surface area contributed by atoms with Crippen LogP contribution in [0.1, 0.15) is 22.7 Å². The van der Waals surface area contributed by atoms with E-state index < -0.39 is 0 Å². The van der Waals surface area contributed by atoms with Gasteiger partial charge in [-0.2, -0.15) is 0 Å². The number of halogens is 1. The van der Waals surface area contributed by atoms with Crippen LogP contribution < -0.4 is 15.0 Å². The lowest BCUT2D eigenvalue weighted by molar-refractivity contribution is -0.909. The SMILES string of the molecule is COc1ccc(Cl)cc1CC(=O)N[C@@H](C[NH+]1CCOCC1)c1ccc(C)cc1. The molecule has 5 nitrogen and oxygen atoms in total. The van der Waals surface area contributed by atoms with Crippen LogP contribution in [0.5, 0.6) is 5.75 Å². The second-order valence-electron chi connectivity index (χ2n) is 7.23. The largest absolute Gasteiger partial charge is 0.496 e. The number of carbonyl (C=O) groups is 1. The number of benzene rings is 2. The maximum Gasteiger partial charge on any atom is 0.225 e. The molecule has 6 heteroatoms. The molecular weight excluding hydrogens is 376 g/mol. The number of morpholine rings is 1. The zero-order chi connectivity index (χ0) is 19.9. The van der Waals surface area contributed by atoms with E-state index >= 15 is 0 Å². The monoisotopic (exact) mass is 403 g/mol. The lowest BCUT2D eigenvalue weighted by atomic mass is 10.0. The average Bonchev–Trinajstić information content (AvgIpc) is 2.69. The Morgan fingerprint density at radius 1 is 1.21 bits per heavy atom. The van der Waals surface area contributed by atoms with Gasteiger partial charge in [-0.3, -0.25) is 4.79 Å². The Morgan fingerprint density at radius 2 is 1.93 bits per heavy atom. The van der Waals surface area contributed by atoms with Gasteiger partial charge in [0.1, 0.15) is 31.4 Å². The molecule has 28 heavy (non-hydrogen) atoms. The molecule has 1 amide bonds. The summed E-state index contributed by atoms with van der Waals surface area (Å²) in [5.41, 5.74) is 3.11. The summed E-state index contributed by atoms with van der Waals surface area (Å²) in [5, 5.41) is 3.81. The third-order valence-corrected chi connectivity index (χ3v) is 5.34. The van der Waals surface area contributed by atoms with Crippen molar-refractivity contribution < 1.29 is 19.2 Å². The Labute approximate surface area is 171 Å². The van der Waals surface area contributed by atoms with E-state index in [1.165, 1.54) is 10.5 Å². The second-order valence-corrected chi connectivity index (χ2v) is 7.67. The van der Waals surface area contributed by atoms with Crippen LogP contribution >= 0.6 is 11.6 Å². The van der Waals surface area contributed by atoms with E-state index in [-0.39, 0.29) is 18.4 Å². The molecule has 3 rings (SSSR count). The van der Waals surface area contributed by atoms with Crippen molar-refractivity contribution in [2.75, 3.05) is 40.0 Å². The highest BCUT2D eigenvalue weighted by molar-refractivity contribution is 6.30. The molecule has 0 saturated carbocycles. The van der Waals surface area contributed by atoms with Crippen LogP contribution in [0, 0.1) is 6.92 Å². The van der Waals surface area contributed by atoms with Gasteiger partial charge in [-0.1, -0.05) is 41.4 Å². The highest BCUT2D eigenvalue weighted by Gasteiger charge is 2.23. The van der Waals surface area contributed by atoms with E-state index in [1.54, 1.807) is 25.3 Å². The van der Waals surface area contributed by atoms with Crippen LogP contribution in [0.4, 0.5) is 0 Å². The van der Waals surface area contributed by atoms with Crippen LogP contribution in [0.15, 0.2) is 42.5 Å². The number of carbonyl (C=O) groups excluding carboxylic acids is 1. The molecule has 1 atom stereocenters. The van der Waals surface area contributed by atoms with Crippen LogP contribution in [-0.4, -0.2) is 45.9 Å². The molecule has 2 aromatic rings. The van der Waals surface area contributed by atoms with Gasteiger partial charge >= 0.3 is 0 Å². The normalized spacial score (nSPS) is 15.8. The van der Waals surface area contributed by atoms with Gasteiger partial charge in [0, 0.05) is 10.6 Å². The lowest BCUT2D eigenvalue weighted by Gasteiger charge is -2.28. The van der Waals surface area contributed by atoms with E-state index in [4.69, 9.17) is 21.1 Å². The number of methoxy groups -OCH3 is 1. The molecule has 1 aliphatic heterocycles. The van der Waals surface area contributed by atoms with Crippen molar-refractivity contribution >= 4 is 17.5 Å². The zero-order valence-corrected chi connectivity index (χ0v) is 17.2. The van der Waals surface area contributed by atoms with Gasteiger partial charge in [0.2, 0.25) is 5.91 Å². The van der Waals surface area contributed by atoms with Gasteiger partial charge in [-0.25, -0.2) is 0 Å². The number of rotatable bonds is 7. The van der Waals surface area contributed by atoms with Gasteiger partial charge in [0.25, 0.3) is 0 Å². The summed E-state index contributed by atoms with van der Waals surface area (Å²) in [6.45, 7) is 6.36. The second kappa shape index (κ2) is 9.92. The maximum absolute atomic E-state index is 12.8. The zero-order valence-electron chi connectivity index (χ0n) is 16.5. The van der Waals surface area contributed by atoms with E-state index in [0.717, 1.165) is 44.0 Å². The lowest BCUT2D eigenvalue weighted by Crippen LogP contribution is -3.14. The van der Waals surface area contributed by atoms with Gasteiger partial charge in [0.05, 0.1) is 26.7 Å². The summed E-state index contributed by atoms with van der Waals surface area (Å²) in [7, 11) is 1.60. The summed E-state index contributed by atoms with van der Waals surface area (Å²) >= 11 is 6.10. The van der Waals surface area contributed by atoms with Crippen molar-refractivity contribution in [1.29, 1.82) is 0 Å². The van der Waals surface area contributed by atoms with Crippen LogP contribution in [0.3, 0.4) is 0 Å². The van der Waals surface area contributed by atoms with E-state index in [9.17, 15) is 4.79 Å². The Morgan fingerprint density at radius 3 is 2.61 bits per heavy atom. The number of hydrogen-bond donors (Lipinski definition) is 2. The van der Waals surface area contributed by atoms with Crippen LogP contribution in [-0.2, 0) is 16.0 Å². The first-order valence-corrected chi connectivity index (χ1v) is 10.0. The first-order chi connectivity index (χ1) is 13.5. The number of quaternary nitrogens is 1. The molecule has 2 aromatic carbocycles. The summed E-state index contributed by atoms with van der Waals surface area (Å²) < 4.78 is 10.8. The predicted molar refractivity (Wildman–Crippen MR) is 110 cm³/mol. The Bertz CT molecular complexity index is 789. The van der Waals surface area contributed by atoms with Crippen LogP contribution in [0.25, 0.3) is 0 Å². The highest BCUT2D eigenvalue weighted by atomic mass is 35.5. The number of ether oxygens (including phenoxy) is 2. The van der Waals surface area contributed by atoms with Gasteiger partial charge in [-0.15, -0.1) is 0 Å². The van der Waals surface area contributed by atoms with Crippen molar-refractivity contribution in [2.45, 2.75) is 19.4 Å². The van der Waals surface area contributed by atoms with E-state index in [1.807, 2.05) is 0 Å². The fraction of sp³-hybridized carbons (Fsp3) is 0.409. The molecule has 0 unspecified atom stereocenters. The third kappa shape index (κ3) is 5.71. The number of amides is 1. The smallest absolute Gasteiger partial charge is 0.225 e. The van der Waals surface area contributed by atoms with Crippen molar-refractivity contribution in [3.63, 3.8) is 0 Å². The third-order valence-electron chi connectivity index (χ3n) is 5.10. The Kier molecular flexibility index (Phi) is 7.31. The first kappa shape index (κ1) is 20.6. The first-order valence-electron chi connectivity index (χ1n) is 9.65. The minimum Gasteiger partial charge on any atom is -0.496 e. The molecule has 0 spiro atoms. The van der Waals surface area contributed by atoms with Crippen molar-refractivity contribution in [3.05, 3.63) is 64.2 Å². The summed E-state index contributed by atoms with van der Waals surface area (Å²) in [4.78, 5) is 14.3. The number of hydrogen-bond acceptors (Lipinski definition) is 3. The summed E-state index contributed by atoms with van der Waals surface area (Å²) in [6, 6.07) is 13.7. The molecule has 0 aliphatic carbocycles. The predicted octanol–water partition coefficient (Wildman–Crippen LogP) is 1.97. The minimum atomic E-state index is -0.0496. The number of aryl methyl sites for hydroxylation is 1. The van der Waals surface area contributed by atoms with Crippen molar-refractivity contribution in [3.8, 4) is 5.75 Å². The highest BCUT2D eigenvalue weighted by Crippen LogP contribution is 2.23. The molecular formula is C22H28ClN2O3+. The van der Waals surface area contributed by atoms with E-state index in [2.05, 4.69) is 36.5 Å². The van der Waals surface area contributed by atoms with Gasteiger partial charge in [0.15, 0.2) is 0 Å². The Balaban J connectivity index is 1.73. The molecule has 2 N–H and O–H groups in total. The Hall–Kier alpha value is -2.08. The average molecular weight is 404 g/mol. The van der Waals surface area contributed by atoms with Crippen molar-refractivity contribution in [2.24, 2.45) is 0 Å². The van der Waals surface area contributed by atoms with E-state index in [0.29, 0.717) is 10.8 Å². The van der Waals surface area contributed by atoms with Crippen molar-refractivity contribution in [1.82, 2.24) is 5.32 Å². The maximum atomic E-state index is 12.8. The number of nitrogens with one attached hydrogen (secondary N) is 2. The van der Waals surface area contributed by atoms with Gasteiger partial charge in [-0.05, 0) is 30.7 Å². The molecule has 1 saturated heterocycles. The quantitative estimate of drug-likeness (QED) is 0.743. The summed E-state index contributed by atoms with van der Waals surface area (Å²) in [5.74, 6) is 0.629. The molecule has 1 fully saturated rings. The molecule has 1 heterocycles. The molecule has 0 aromatic heterocycles.